The van der Waals surface area contributed by atoms with E-state index in [2.05, 4.69) is 5.32 Å². The molecule has 0 aliphatic carbocycles. The Balaban J connectivity index is 1.62. The van der Waals surface area contributed by atoms with Gasteiger partial charge in [0.1, 0.15) is 17.2 Å². The molecule has 1 amide bonds. The lowest BCUT2D eigenvalue weighted by Gasteiger charge is -2.14. The van der Waals surface area contributed by atoms with Gasteiger partial charge >= 0.3 is 0 Å². The number of allylic oxidation sites excluding steroid dienone is 5. The lowest BCUT2D eigenvalue weighted by molar-refractivity contribution is 0.102. The van der Waals surface area contributed by atoms with E-state index >= 15 is 0 Å². The first kappa shape index (κ1) is 27.6. The molecule has 4 aromatic rings. The average molecular weight is 542 g/mol. The summed E-state index contributed by atoms with van der Waals surface area (Å²) in [7, 11) is -3.51. The van der Waals surface area contributed by atoms with Crippen LogP contribution >= 0.6 is 0 Å². The van der Waals surface area contributed by atoms with Crippen molar-refractivity contribution in [1.82, 2.24) is 9.38 Å². The highest BCUT2D eigenvalue weighted by molar-refractivity contribution is 7.90. The van der Waals surface area contributed by atoms with Gasteiger partial charge in [0.25, 0.3) is 5.91 Å². The molecule has 0 saturated heterocycles. The summed E-state index contributed by atoms with van der Waals surface area (Å²) in [5.41, 5.74) is 5.56. The number of benzene rings is 2. The summed E-state index contributed by atoms with van der Waals surface area (Å²) in [6.45, 7) is 7.77. The van der Waals surface area contributed by atoms with Crippen molar-refractivity contribution in [3.63, 3.8) is 0 Å². The van der Waals surface area contributed by atoms with E-state index in [9.17, 15) is 13.2 Å². The van der Waals surface area contributed by atoms with Crippen molar-refractivity contribution in [1.29, 1.82) is 0 Å². The summed E-state index contributed by atoms with van der Waals surface area (Å²) in [5, 5.41) is 2.88. The number of aryl methyl sites for hydroxylation is 1. The number of sulfone groups is 1. The number of fused-ring (bicyclic) bond motifs is 1. The Hall–Kier alpha value is -4.43. The van der Waals surface area contributed by atoms with Crippen molar-refractivity contribution in [2.75, 3.05) is 11.6 Å². The highest BCUT2D eigenvalue weighted by Crippen LogP contribution is 2.28. The van der Waals surface area contributed by atoms with E-state index in [-0.39, 0.29) is 16.2 Å². The first-order chi connectivity index (χ1) is 18.5. The number of hydrogen-bond acceptors (Lipinski definition) is 5. The lowest BCUT2D eigenvalue weighted by Crippen LogP contribution is -2.14. The standard InChI is InChI=1S/C31H31N3O4S/c1-6-8-25(15-10-21(2)3)38-29-19-26(39(5,36)37)16-17-27(29)31(35)32-24-13-11-23(12-14-24)28-20-34-18-7-9-22(4)30(34)33-28/h6-20H,1-5H3,(H,32,35)/b8-6-,25-15+. The molecule has 0 radical (unpaired) electrons. The number of aromatic nitrogens is 2. The van der Waals surface area contributed by atoms with E-state index in [1.807, 2.05) is 74.8 Å². The molecular weight excluding hydrogens is 510 g/mol. The van der Waals surface area contributed by atoms with Gasteiger partial charge in [0.05, 0.1) is 16.2 Å². The fourth-order valence-corrected chi connectivity index (χ4v) is 4.52. The molecule has 0 atom stereocenters. The molecule has 0 spiro atoms. The van der Waals surface area contributed by atoms with Crippen LogP contribution in [0.1, 0.15) is 36.7 Å². The molecule has 0 bridgehead atoms. The fourth-order valence-electron chi connectivity index (χ4n) is 3.88. The van der Waals surface area contributed by atoms with E-state index in [0.717, 1.165) is 34.3 Å². The van der Waals surface area contributed by atoms with Crippen LogP contribution in [0.25, 0.3) is 16.9 Å². The lowest BCUT2D eigenvalue weighted by atomic mass is 10.1. The SMILES string of the molecule is C/C=C\C(=C/C=C(C)C)Oc1cc(S(C)(=O)=O)ccc1C(=O)Nc1ccc(-c2cn3cccc(C)c3n2)cc1. The van der Waals surface area contributed by atoms with Crippen LogP contribution in [-0.2, 0) is 9.84 Å². The van der Waals surface area contributed by atoms with Crippen molar-refractivity contribution in [3.8, 4) is 17.0 Å². The minimum absolute atomic E-state index is 0.0585. The van der Waals surface area contributed by atoms with Crippen LogP contribution in [0.4, 0.5) is 5.69 Å². The molecule has 2 aromatic carbocycles. The topological polar surface area (TPSA) is 89.8 Å². The maximum Gasteiger partial charge on any atom is 0.259 e. The van der Waals surface area contributed by atoms with Gasteiger partial charge in [0.2, 0.25) is 0 Å². The Morgan fingerprint density at radius 2 is 1.79 bits per heavy atom. The van der Waals surface area contributed by atoms with Gasteiger partial charge < -0.3 is 14.5 Å². The number of nitrogens with one attached hydrogen (secondary N) is 1. The van der Waals surface area contributed by atoms with E-state index in [1.54, 1.807) is 30.4 Å². The molecular formula is C31H31N3O4S. The average Bonchev–Trinajstić information content (AvgIpc) is 3.33. The van der Waals surface area contributed by atoms with Crippen LogP contribution in [0.15, 0.2) is 108 Å². The quantitative estimate of drug-likeness (QED) is 0.196. The van der Waals surface area contributed by atoms with Crippen LogP contribution in [0.3, 0.4) is 0 Å². The van der Waals surface area contributed by atoms with Crippen molar-refractivity contribution in [3.05, 3.63) is 114 Å². The van der Waals surface area contributed by atoms with Gasteiger partial charge in [-0.25, -0.2) is 13.4 Å². The second-order valence-corrected chi connectivity index (χ2v) is 11.4. The van der Waals surface area contributed by atoms with Crippen LogP contribution in [0.2, 0.25) is 0 Å². The number of carbonyl (C=O) groups excluding carboxylic acids is 1. The van der Waals surface area contributed by atoms with Gasteiger partial charge in [0, 0.05) is 36.0 Å². The summed E-state index contributed by atoms with van der Waals surface area (Å²) < 4.78 is 32.4. The first-order valence-electron chi connectivity index (χ1n) is 12.4. The number of carbonyl (C=O) groups is 1. The van der Waals surface area contributed by atoms with Crippen molar-refractivity contribution < 1.29 is 17.9 Å². The second-order valence-electron chi connectivity index (χ2n) is 9.42. The molecule has 0 aliphatic heterocycles. The Morgan fingerprint density at radius 1 is 1.05 bits per heavy atom. The summed E-state index contributed by atoms with van der Waals surface area (Å²) >= 11 is 0. The maximum atomic E-state index is 13.3. The minimum atomic E-state index is -3.51. The Kier molecular flexibility index (Phi) is 8.16. The highest BCUT2D eigenvalue weighted by Gasteiger charge is 2.18. The third-order valence-electron chi connectivity index (χ3n) is 5.88. The molecule has 39 heavy (non-hydrogen) atoms. The van der Waals surface area contributed by atoms with Crippen molar-refractivity contribution >= 4 is 27.1 Å². The monoisotopic (exact) mass is 541 g/mol. The maximum absolute atomic E-state index is 13.3. The number of ether oxygens (including phenoxy) is 1. The van der Waals surface area contributed by atoms with E-state index in [1.165, 1.54) is 18.2 Å². The van der Waals surface area contributed by atoms with Crippen LogP contribution in [0, 0.1) is 6.92 Å². The van der Waals surface area contributed by atoms with Crippen LogP contribution in [0.5, 0.6) is 5.75 Å². The molecule has 2 heterocycles. The molecule has 1 N–H and O–H groups in total. The molecule has 0 unspecified atom stereocenters. The normalized spacial score (nSPS) is 12.1. The minimum Gasteiger partial charge on any atom is -0.457 e. The molecule has 200 valence electrons. The van der Waals surface area contributed by atoms with Gasteiger partial charge in [-0.1, -0.05) is 35.9 Å². The number of rotatable bonds is 8. The third-order valence-corrected chi connectivity index (χ3v) is 6.99. The fraction of sp³-hybridized carbons (Fsp3) is 0.161. The van der Waals surface area contributed by atoms with Gasteiger partial charge in [-0.3, -0.25) is 4.79 Å². The Labute approximate surface area is 229 Å². The molecule has 7 nitrogen and oxygen atoms in total. The number of hydrogen-bond donors (Lipinski definition) is 1. The van der Waals surface area contributed by atoms with Crippen molar-refractivity contribution in [2.45, 2.75) is 32.6 Å². The smallest absolute Gasteiger partial charge is 0.259 e. The number of nitrogens with zero attached hydrogens (tertiary/aromatic N) is 2. The summed E-state index contributed by atoms with van der Waals surface area (Å²) in [4.78, 5) is 18.1. The van der Waals surface area contributed by atoms with E-state index < -0.39 is 15.7 Å². The molecule has 4 rings (SSSR count). The molecule has 0 fully saturated rings. The zero-order valence-electron chi connectivity index (χ0n) is 22.6. The zero-order valence-corrected chi connectivity index (χ0v) is 23.4. The molecule has 0 saturated carbocycles. The van der Waals surface area contributed by atoms with Gasteiger partial charge in [-0.2, -0.15) is 0 Å². The predicted octanol–water partition coefficient (Wildman–Crippen LogP) is 6.77. The number of anilines is 1. The summed E-state index contributed by atoms with van der Waals surface area (Å²) in [6, 6.07) is 15.6. The van der Waals surface area contributed by atoms with Gasteiger partial charge in [0.15, 0.2) is 9.84 Å². The predicted molar refractivity (Wildman–Crippen MR) is 156 cm³/mol. The van der Waals surface area contributed by atoms with Gasteiger partial charge in [-0.15, -0.1) is 0 Å². The highest BCUT2D eigenvalue weighted by atomic mass is 32.2. The third kappa shape index (κ3) is 6.72. The zero-order chi connectivity index (χ0) is 28.2. The largest absolute Gasteiger partial charge is 0.457 e. The second kappa shape index (κ2) is 11.5. The molecule has 0 aliphatic rings. The van der Waals surface area contributed by atoms with Crippen LogP contribution in [-0.4, -0.2) is 30.0 Å². The first-order valence-corrected chi connectivity index (χ1v) is 14.3. The van der Waals surface area contributed by atoms with Crippen molar-refractivity contribution in [2.24, 2.45) is 0 Å². The summed E-state index contributed by atoms with van der Waals surface area (Å²) in [6.07, 6.45) is 12.2. The Bertz CT molecular complexity index is 1720. The Morgan fingerprint density at radius 3 is 2.44 bits per heavy atom. The number of imidazole rings is 1. The molecule has 8 heteroatoms. The molecule has 2 aromatic heterocycles. The number of pyridine rings is 1. The van der Waals surface area contributed by atoms with Crippen LogP contribution < -0.4 is 10.1 Å². The van der Waals surface area contributed by atoms with E-state index in [4.69, 9.17) is 9.72 Å². The number of amides is 1. The van der Waals surface area contributed by atoms with Gasteiger partial charge in [-0.05, 0) is 75.7 Å². The summed E-state index contributed by atoms with van der Waals surface area (Å²) in [5.74, 6) is 0.173. The van der Waals surface area contributed by atoms with E-state index in [0.29, 0.717) is 11.4 Å².